The lowest BCUT2D eigenvalue weighted by atomic mass is 9.73. The molecule has 0 radical (unpaired) electrons. The Balaban J connectivity index is 1.71. The first-order chi connectivity index (χ1) is 9.31. The van der Waals surface area contributed by atoms with Crippen molar-refractivity contribution in [1.82, 2.24) is 9.97 Å². The summed E-state index contributed by atoms with van der Waals surface area (Å²) in [5.41, 5.74) is 0.564. The number of aromatic nitrogens is 2. The van der Waals surface area contributed by atoms with Crippen molar-refractivity contribution in [2.24, 2.45) is 5.41 Å². The fourth-order valence-electron chi connectivity index (χ4n) is 3.57. The second-order valence-electron chi connectivity index (χ2n) is 5.88. The predicted octanol–water partition coefficient (Wildman–Crippen LogP) is 3.04. The van der Waals surface area contributed by atoms with Crippen LogP contribution in [0.15, 0.2) is 12.4 Å². The summed E-state index contributed by atoms with van der Waals surface area (Å²) in [6.45, 7) is 4.92. The van der Waals surface area contributed by atoms with E-state index < -0.39 is 0 Å². The number of hydrogen-bond acceptors (Lipinski definition) is 4. The van der Waals surface area contributed by atoms with Gasteiger partial charge in [0.2, 0.25) is 5.88 Å². The van der Waals surface area contributed by atoms with Crippen molar-refractivity contribution in [3.05, 3.63) is 12.4 Å². The van der Waals surface area contributed by atoms with Crippen LogP contribution in [0.1, 0.15) is 45.4 Å². The van der Waals surface area contributed by atoms with Gasteiger partial charge in [0, 0.05) is 19.2 Å². The average molecular weight is 261 g/mol. The number of anilines is 1. The lowest BCUT2D eigenvalue weighted by molar-refractivity contribution is 0.219. The number of ether oxygens (including phenoxy) is 1. The van der Waals surface area contributed by atoms with Gasteiger partial charge in [-0.3, -0.25) is 0 Å². The average Bonchev–Trinajstić information content (AvgIpc) is 2.84. The Hall–Kier alpha value is -1.32. The zero-order valence-electron chi connectivity index (χ0n) is 11.8. The molecule has 1 aromatic rings. The minimum atomic E-state index is 0.564. The monoisotopic (exact) mass is 261 g/mol. The second kappa shape index (κ2) is 5.35. The first kappa shape index (κ1) is 12.7. The zero-order chi connectivity index (χ0) is 13.1. The van der Waals surface area contributed by atoms with E-state index in [0.717, 1.165) is 18.9 Å². The van der Waals surface area contributed by atoms with Crippen LogP contribution in [0.5, 0.6) is 5.88 Å². The molecule has 3 rings (SSSR count). The van der Waals surface area contributed by atoms with Crippen molar-refractivity contribution in [3.8, 4) is 5.88 Å². The fourth-order valence-corrected chi connectivity index (χ4v) is 3.57. The lowest BCUT2D eigenvalue weighted by Crippen LogP contribution is -2.29. The Labute approximate surface area is 115 Å². The molecule has 19 heavy (non-hydrogen) atoms. The van der Waals surface area contributed by atoms with Crippen molar-refractivity contribution in [3.63, 3.8) is 0 Å². The van der Waals surface area contributed by atoms with E-state index in [1.165, 1.54) is 38.5 Å². The van der Waals surface area contributed by atoms with Crippen LogP contribution in [0.4, 0.5) is 5.82 Å². The van der Waals surface area contributed by atoms with Crippen LogP contribution in [0.2, 0.25) is 0 Å². The number of rotatable bonds is 3. The van der Waals surface area contributed by atoms with Gasteiger partial charge in [0.15, 0.2) is 0 Å². The van der Waals surface area contributed by atoms with E-state index in [2.05, 4.69) is 14.9 Å². The smallest absolute Gasteiger partial charge is 0.218 e. The maximum absolute atomic E-state index is 5.47. The first-order valence-corrected chi connectivity index (χ1v) is 7.51. The molecule has 1 saturated heterocycles. The highest BCUT2D eigenvalue weighted by atomic mass is 16.5. The quantitative estimate of drug-likeness (QED) is 0.838. The third-order valence-electron chi connectivity index (χ3n) is 4.60. The fraction of sp³-hybridized carbons (Fsp3) is 0.733. The van der Waals surface area contributed by atoms with Gasteiger partial charge in [-0.15, -0.1) is 0 Å². The summed E-state index contributed by atoms with van der Waals surface area (Å²) in [4.78, 5) is 11.0. The van der Waals surface area contributed by atoms with Gasteiger partial charge in [0.1, 0.15) is 12.1 Å². The normalized spacial score (nSPS) is 21.8. The van der Waals surface area contributed by atoms with Crippen LogP contribution in [-0.4, -0.2) is 29.7 Å². The van der Waals surface area contributed by atoms with Gasteiger partial charge in [0.25, 0.3) is 0 Å². The summed E-state index contributed by atoms with van der Waals surface area (Å²) in [6, 6.07) is 1.98. The molecule has 1 spiro atoms. The van der Waals surface area contributed by atoms with Crippen LogP contribution in [0, 0.1) is 5.41 Å². The summed E-state index contributed by atoms with van der Waals surface area (Å²) in [7, 11) is 0. The molecule has 1 saturated carbocycles. The van der Waals surface area contributed by atoms with Crippen molar-refractivity contribution in [2.45, 2.75) is 45.4 Å². The zero-order valence-corrected chi connectivity index (χ0v) is 11.8. The van der Waals surface area contributed by atoms with Crippen LogP contribution >= 0.6 is 0 Å². The van der Waals surface area contributed by atoms with Crippen LogP contribution in [0.25, 0.3) is 0 Å². The van der Waals surface area contributed by atoms with Gasteiger partial charge in [-0.1, -0.05) is 19.3 Å². The SMILES string of the molecule is CCOc1cc(N2CCC3(CCCCC3)C2)ncn1. The Morgan fingerprint density at radius 1 is 1.21 bits per heavy atom. The number of hydrogen-bond donors (Lipinski definition) is 0. The highest BCUT2D eigenvalue weighted by Crippen LogP contribution is 2.44. The summed E-state index contributed by atoms with van der Waals surface area (Å²) in [5, 5.41) is 0. The van der Waals surface area contributed by atoms with E-state index in [0.29, 0.717) is 17.9 Å². The molecule has 104 valence electrons. The Bertz CT molecular complexity index is 429. The molecule has 0 amide bonds. The molecule has 0 atom stereocenters. The third kappa shape index (κ3) is 2.67. The molecule has 2 fully saturated rings. The Kier molecular flexibility index (Phi) is 3.58. The summed E-state index contributed by atoms with van der Waals surface area (Å²) < 4.78 is 5.47. The minimum Gasteiger partial charge on any atom is -0.478 e. The first-order valence-electron chi connectivity index (χ1n) is 7.51. The Morgan fingerprint density at radius 2 is 2.05 bits per heavy atom. The molecule has 4 nitrogen and oxygen atoms in total. The molecule has 1 aromatic heterocycles. The molecule has 4 heteroatoms. The largest absolute Gasteiger partial charge is 0.478 e. The molecule has 2 aliphatic rings. The van der Waals surface area contributed by atoms with Crippen molar-refractivity contribution in [1.29, 1.82) is 0 Å². The second-order valence-corrected chi connectivity index (χ2v) is 5.88. The van der Waals surface area contributed by atoms with Crippen molar-refractivity contribution >= 4 is 5.82 Å². The molecule has 0 N–H and O–H groups in total. The molecule has 1 aliphatic carbocycles. The van der Waals surface area contributed by atoms with Gasteiger partial charge >= 0.3 is 0 Å². The summed E-state index contributed by atoms with van der Waals surface area (Å²) in [5.74, 6) is 1.72. The van der Waals surface area contributed by atoms with E-state index >= 15 is 0 Å². The maximum Gasteiger partial charge on any atom is 0.218 e. The summed E-state index contributed by atoms with van der Waals surface area (Å²) in [6.07, 6.45) is 9.96. The van der Waals surface area contributed by atoms with Gasteiger partial charge < -0.3 is 9.64 Å². The van der Waals surface area contributed by atoms with E-state index in [9.17, 15) is 0 Å². The van der Waals surface area contributed by atoms with Gasteiger partial charge in [-0.05, 0) is 31.6 Å². The van der Waals surface area contributed by atoms with E-state index in [4.69, 9.17) is 4.74 Å². The highest BCUT2D eigenvalue weighted by Gasteiger charge is 2.39. The molecule has 0 bridgehead atoms. The highest BCUT2D eigenvalue weighted by molar-refractivity contribution is 5.42. The van der Waals surface area contributed by atoms with E-state index in [1.54, 1.807) is 6.33 Å². The maximum atomic E-state index is 5.47. The molecule has 1 aliphatic heterocycles. The lowest BCUT2D eigenvalue weighted by Gasteiger charge is -2.33. The molecule has 0 aromatic carbocycles. The van der Waals surface area contributed by atoms with Crippen LogP contribution < -0.4 is 9.64 Å². The topological polar surface area (TPSA) is 38.2 Å². The molecular formula is C15H23N3O. The van der Waals surface area contributed by atoms with Crippen molar-refractivity contribution < 1.29 is 4.74 Å². The van der Waals surface area contributed by atoms with Gasteiger partial charge in [-0.25, -0.2) is 9.97 Å². The molecule has 2 heterocycles. The molecule has 0 unspecified atom stereocenters. The standard InChI is InChI=1S/C15H23N3O/c1-2-19-14-10-13(16-12-17-14)18-9-8-15(11-18)6-4-3-5-7-15/h10,12H,2-9,11H2,1H3. The van der Waals surface area contributed by atoms with Crippen LogP contribution in [-0.2, 0) is 0 Å². The van der Waals surface area contributed by atoms with E-state index in [-0.39, 0.29) is 0 Å². The third-order valence-corrected chi connectivity index (χ3v) is 4.60. The predicted molar refractivity (Wildman–Crippen MR) is 75.5 cm³/mol. The van der Waals surface area contributed by atoms with Crippen molar-refractivity contribution in [2.75, 3.05) is 24.6 Å². The molecular weight excluding hydrogens is 238 g/mol. The van der Waals surface area contributed by atoms with Crippen LogP contribution in [0.3, 0.4) is 0 Å². The van der Waals surface area contributed by atoms with Gasteiger partial charge in [0.05, 0.1) is 6.61 Å². The number of nitrogens with zero attached hydrogens (tertiary/aromatic N) is 3. The minimum absolute atomic E-state index is 0.564. The summed E-state index contributed by atoms with van der Waals surface area (Å²) >= 11 is 0. The Morgan fingerprint density at radius 3 is 2.84 bits per heavy atom. The van der Waals surface area contributed by atoms with Gasteiger partial charge in [-0.2, -0.15) is 0 Å². The van der Waals surface area contributed by atoms with E-state index in [1.807, 2.05) is 13.0 Å².